The van der Waals surface area contributed by atoms with Crippen molar-refractivity contribution in [3.8, 4) is 0 Å². The number of hydrogen-bond acceptors (Lipinski definition) is 2. The van der Waals surface area contributed by atoms with Crippen LogP contribution >= 0.6 is 0 Å². The van der Waals surface area contributed by atoms with E-state index in [0.717, 1.165) is 17.4 Å². The maximum absolute atomic E-state index is 13.5. The molecule has 0 aliphatic carbocycles. The summed E-state index contributed by atoms with van der Waals surface area (Å²) in [6, 6.07) is 5.63. The zero-order valence-corrected chi connectivity index (χ0v) is 8.88. The molecular weight excluding hydrogens is 193 g/mol. The lowest BCUT2D eigenvalue weighted by Crippen LogP contribution is -2.23. The van der Waals surface area contributed by atoms with Crippen molar-refractivity contribution in [2.24, 2.45) is 0 Å². The van der Waals surface area contributed by atoms with Gasteiger partial charge in [-0.15, -0.1) is 0 Å². The van der Waals surface area contributed by atoms with E-state index in [9.17, 15) is 4.39 Å². The normalized spacial score (nSPS) is 13.3. The third-order valence-corrected chi connectivity index (χ3v) is 2.60. The van der Waals surface area contributed by atoms with Crippen molar-refractivity contribution in [2.45, 2.75) is 19.4 Å². The average Bonchev–Trinajstić information content (AvgIpc) is 2.66. The van der Waals surface area contributed by atoms with Crippen molar-refractivity contribution < 1.29 is 8.81 Å². The highest BCUT2D eigenvalue weighted by atomic mass is 19.1. The molecule has 1 heterocycles. The molecule has 15 heavy (non-hydrogen) atoms. The third kappa shape index (κ3) is 2.02. The van der Waals surface area contributed by atoms with Crippen molar-refractivity contribution in [1.82, 2.24) is 5.32 Å². The van der Waals surface area contributed by atoms with Gasteiger partial charge in [0.15, 0.2) is 11.4 Å². The molecule has 0 spiro atoms. The van der Waals surface area contributed by atoms with Crippen LogP contribution in [0.2, 0.25) is 0 Å². The summed E-state index contributed by atoms with van der Waals surface area (Å²) in [6.07, 6.45) is 2.33. The molecule has 1 N–H and O–H groups in total. The van der Waals surface area contributed by atoms with Gasteiger partial charge in [-0.05, 0) is 44.2 Å². The number of rotatable bonds is 3. The van der Waals surface area contributed by atoms with Crippen LogP contribution in [0.15, 0.2) is 28.9 Å². The fourth-order valence-corrected chi connectivity index (χ4v) is 1.67. The molecule has 2 aromatic rings. The molecular formula is C12H14FNO. The largest absolute Gasteiger partial charge is 0.461 e. The summed E-state index contributed by atoms with van der Waals surface area (Å²) in [5.74, 6) is -0.282. The van der Waals surface area contributed by atoms with Crippen molar-refractivity contribution >= 4 is 11.0 Å². The summed E-state index contributed by atoms with van der Waals surface area (Å²) in [5, 5.41) is 3.96. The number of furan rings is 1. The highest BCUT2D eigenvalue weighted by Crippen LogP contribution is 2.21. The Labute approximate surface area is 88.1 Å². The molecule has 1 aromatic heterocycles. The van der Waals surface area contributed by atoms with E-state index in [1.54, 1.807) is 12.1 Å². The van der Waals surface area contributed by atoms with Gasteiger partial charge < -0.3 is 9.73 Å². The van der Waals surface area contributed by atoms with E-state index in [4.69, 9.17) is 4.42 Å². The van der Waals surface area contributed by atoms with Crippen LogP contribution in [0, 0.1) is 5.82 Å². The highest BCUT2D eigenvalue weighted by molar-refractivity contribution is 5.78. The summed E-state index contributed by atoms with van der Waals surface area (Å²) in [5.41, 5.74) is 1.33. The Morgan fingerprint density at radius 3 is 3.00 bits per heavy atom. The zero-order chi connectivity index (χ0) is 10.8. The highest BCUT2D eigenvalue weighted by Gasteiger charge is 2.08. The number of halogens is 1. The van der Waals surface area contributed by atoms with Gasteiger partial charge in [-0.3, -0.25) is 0 Å². The van der Waals surface area contributed by atoms with Crippen molar-refractivity contribution in [2.75, 3.05) is 7.05 Å². The standard InChI is InChI=1S/C12H14FNO/c1-8(14-2)5-9-6-10-3-4-15-12(10)11(13)7-9/h3-4,6-8,14H,5H2,1-2H3. The lowest BCUT2D eigenvalue weighted by Gasteiger charge is -2.09. The van der Waals surface area contributed by atoms with Gasteiger partial charge in [0, 0.05) is 11.4 Å². The summed E-state index contributed by atoms with van der Waals surface area (Å²) < 4.78 is 18.6. The molecule has 2 nitrogen and oxygen atoms in total. The molecule has 80 valence electrons. The quantitative estimate of drug-likeness (QED) is 0.837. The van der Waals surface area contributed by atoms with Crippen molar-refractivity contribution in [3.05, 3.63) is 35.8 Å². The number of likely N-dealkylation sites (N-methyl/N-ethyl adjacent to an activating group) is 1. The minimum absolute atomic E-state index is 0.282. The van der Waals surface area contributed by atoms with Crippen LogP contribution in [0.3, 0.4) is 0 Å². The first-order valence-corrected chi connectivity index (χ1v) is 5.03. The fourth-order valence-electron chi connectivity index (χ4n) is 1.67. The second-order valence-electron chi connectivity index (χ2n) is 3.81. The van der Waals surface area contributed by atoms with Gasteiger partial charge in [0.1, 0.15) is 0 Å². The summed E-state index contributed by atoms with van der Waals surface area (Å²) in [7, 11) is 1.90. The van der Waals surface area contributed by atoms with Crippen LogP contribution in [0.5, 0.6) is 0 Å². The van der Waals surface area contributed by atoms with Crippen LogP contribution in [-0.2, 0) is 6.42 Å². The summed E-state index contributed by atoms with van der Waals surface area (Å²) in [4.78, 5) is 0. The SMILES string of the molecule is CNC(C)Cc1cc(F)c2occc2c1. The van der Waals surface area contributed by atoms with Gasteiger partial charge in [0.05, 0.1) is 6.26 Å². The first-order valence-electron chi connectivity index (χ1n) is 5.03. The molecule has 0 aliphatic heterocycles. The molecule has 0 saturated heterocycles. The van der Waals surface area contributed by atoms with Gasteiger partial charge in [-0.25, -0.2) is 4.39 Å². The maximum atomic E-state index is 13.5. The first-order chi connectivity index (χ1) is 7.20. The molecule has 1 unspecified atom stereocenters. The maximum Gasteiger partial charge on any atom is 0.169 e. The number of fused-ring (bicyclic) bond motifs is 1. The van der Waals surface area contributed by atoms with Gasteiger partial charge in [0.25, 0.3) is 0 Å². The average molecular weight is 207 g/mol. The molecule has 0 fully saturated rings. The molecule has 0 aliphatic rings. The molecule has 0 amide bonds. The summed E-state index contributed by atoms with van der Waals surface area (Å²) >= 11 is 0. The predicted octanol–water partition coefficient (Wildman–Crippen LogP) is 2.72. The summed E-state index contributed by atoms with van der Waals surface area (Å²) in [6.45, 7) is 2.07. The van der Waals surface area contributed by atoms with Crippen molar-refractivity contribution in [1.29, 1.82) is 0 Å². The predicted molar refractivity (Wildman–Crippen MR) is 58.4 cm³/mol. The zero-order valence-electron chi connectivity index (χ0n) is 8.88. The van der Waals surface area contributed by atoms with E-state index >= 15 is 0 Å². The minimum Gasteiger partial charge on any atom is -0.461 e. The third-order valence-electron chi connectivity index (χ3n) is 2.60. The van der Waals surface area contributed by atoms with E-state index in [0.29, 0.717) is 11.6 Å². The minimum atomic E-state index is -0.282. The van der Waals surface area contributed by atoms with Crippen LogP contribution in [0.1, 0.15) is 12.5 Å². The molecule has 2 rings (SSSR count). The smallest absolute Gasteiger partial charge is 0.169 e. The number of benzene rings is 1. The second-order valence-corrected chi connectivity index (χ2v) is 3.81. The Hall–Kier alpha value is -1.35. The topological polar surface area (TPSA) is 25.2 Å². The van der Waals surface area contributed by atoms with E-state index in [1.165, 1.54) is 6.26 Å². The Morgan fingerprint density at radius 2 is 2.27 bits per heavy atom. The molecule has 0 saturated carbocycles. The Kier molecular flexibility index (Phi) is 2.73. The molecule has 0 bridgehead atoms. The lowest BCUT2D eigenvalue weighted by atomic mass is 10.1. The van der Waals surface area contributed by atoms with Crippen molar-refractivity contribution in [3.63, 3.8) is 0 Å². The van der Waals surface area contributed by atoms with Crippen LogP contribution in [-0.4, -0.2) is 13.1 Å². The van der Waals surface area contributed by atoms with Crippen LogP contribution < -0.4 is 5.32 Å². The van der Waals surface area contributed by atoms with E-state index < -0.39 is 0 Å². The van der Waals surface area contributed by atoms with E-state index in [-0.39, 0.29) is 5.82 Å². The Morgan fingerprint density at radius 1 is 1.47 bits per heavy atom. The monoisotopic (exact) mass is 207 g/mol. The van der Waals surface area contributed by atoms with Gasteiger partial charge in [-0.1, -0.05) is 0 Å². The first kappa shape index (κ1) is 10.2. The van der Waals surface area contributed by atoms with Gasteiger partial charge >= 0.3 is 0 Å². The number of nitrogens with one attached hydrogen (secondary N) is 1. The van der Waals surface area contributed by atoms with E-state index in [2.05, 4.69) is 12.2 Å². The molecule has 0 radical (unpaired) electrons. The lowest BCUT2D eigenvalue weighted by molar-refractivity contribution is 0.556. The van der Waals surface area contributed by atoms with Gasteiger partial charge in [-0.2, -0.15) is 0 Å². The van der Waals surface area contributed by atoms with Crippen LogP contribution in [0.4, 0.5) is 4.39 Å². The Bertz CT molecular complexity index is 464. The molecule has 3 heteroatoms. The number of hydrogen-bond donors (Lipinski definition) is 1. The van der Waals surface area contributed by atoms with Gasteiger partial charge in [0.2, 0.25) is 0 Å². The fraction of sp³-hybridized carbons (Fsp3) is 0.333. The molecule has 1 aromatic carbocycles. The van der Waals surface area contributed by atoms with Crippen LogP contribution in [0.25, 0.3) is 11.0 Å². The Balaban J connectivity index is 2.36. The molecule has 1 atom stereocenters. The van der Waals surface area contributed by atoms with E-state index in [1.807, 2.05) is 13.1 Å². The second kappa shape index (κ2) is 4.03.